The fourth-order valence-corrected chi connectivity index (χ4v) is 4.81. The summed E-state index contributed by atoms with van der Waals surface area (Å²) >= 11 is 6.08. The predicted molar refractivity (Wildman–Crippen MR) is 137 cm³/mol. The van der Waals surface area contributed by atoms with E-state index >= 15 is 0 Å². The molecular weight excluding hydrogens is 464 g/mol. The number of hydrogen-bond donors (Lipinski definition) is 0. The van der Waals surface area contributed by atoms with Crippen LogP contribution in [0.3, 0.4) is 0 Å². The van der Waals surface area contributed by atoms with Crippen molar-refractivity contribution in [2.24, 2.45) is 7.05 Å². The van der Waals surface area contributed by atoms with Crippen molar-refractivity contribution >= 4 is 39.9 Å². The first-order valence-corrected chi connectivity index (χ1v) is 11.8. The third-order valence-corrected chi connectivity index (χ3v) is 6.62. The zero-order chi connectivity index (χ0) is 24.5. The number of ether oxygens (including phenoxy) is 1. The van der Waals surface area contributed by atoms with Gasteiger partial charge in [-0.15, -0.1) is 0 Å². The Labute approximate surface area is 207 Å². The molecule has 0 N–H and O–H groups in total. The predicted octanol–water partition coefficient (Wildman–Crippen LogP) is 5.00. The number of pyridine rings is 1. The molecule has 1 amide bonds. The molecule has 0 aliphatic carbocycles. The highest BCUT2D eigenvalue weighted by atomic mass is 35.5. The third-order valence-electron chi connectivity index (χ3n) is 6.37. The number of amides is 1. The number of halogens is 1. The average Bonchev–Trinajstić information content (AvgIpc) is 2.89. The van der Waals surface area contributed by atoms with E-state index in [1.54, 1.807) is 47.4 Å². The second-order valence-corrected chi connectivity index (χ2v) is 8.93. The van der Waals surface area contributed by atoms with Crippen molar-refractivity contribution in [1.29, 1.82) is 0 Å². The number of nitrogens with zero attached hydrogens (tertiary/aromatic N) is 2. The van der Waals surface area contributed by atoms with E-state index in [1.807, 2.05) is 30.3 Å². The maximum atomic E-state index is 13.4. The van der Waals surface area contributed by atoms with E-state index in [0.29, 0.717) is 33.5 Å². The van der Waals surface area contributed by atoms with Crippen molar-refractivity contribution in [2.75, 3.05) is 18.1 Å². The molecule has 1 aliphatic heterocycles. The number of esters is 1. The van der Waals surface area contributed by atoms with Crippen LogP contribution in [0.2, 0.25) is 5.02 Å². The van der Waals surface area contributed by atoms with Crippen LogP contribution in [-0.2, 0) is 23.0 Å². The zero-order valence-electron chi connectivity index (χ0n) is 19.2. The fourth-order valence-electron chi connectivity index (χ4n) is 4.68. The molecule has 6 nitrogen and oxygen atoms in total. The molecule has 0 radical (unpaired) electrons. The number of aromatic nitrogens is 1. The molecule has 1 aromatic heterocycles. The molecule has 0 spiro atoms. The summed E-state index contributed by atoms with van der Waals surface area (Å²) in [7, 11) is 1.54. The Hall–Kier alpha value is -3.90. The standard InChI is InChI=1S/C28H23ClN2O4/c1-30-26(28(34)35-17-24(32)31-16-6-8-18-7-2-5-11-23(18)31)25(19-12-14-20(29)15-13-19)21-9-3-4-10-22(21)27(30)33/h2-5,7,9-15H,6,8,16-17H2,1H3. The van der Waals surface area contributed by atoms with E-state index in [2.05, 4.69) is 0 Å². The molecular formula is C28H23ClN2O4. The molecule has 2 heterocycles. The van der Waals surface area contributed by atoms with E-state index in [9.17, 15) is 14.4 Å². The summed E-state index contributed by atoms with van der Waals surface area (Å²) in [4.78, 5) is 41.1. The van der Waals surface area contributed by atoms with Crippen LogP contribution in [0.4, 0.5) is 5.69 Å². The van der Waals surface area contributed by atoms with Crippen LogP contribution in [-0.4, -0.2) is 29.6 Å². The van der Waals surface area contributed by atoms with Crippen molar-refractivity contribution in [2.45, 2.75) is 12.8 Å². The number of carbonyl (C=O) groups is 2. The molecule has 5 rings (SSSR count). The van der Waals surface area contributed by atoms with Gasteiger partial charge in [-0.3, -0.25) is 9.59 Å². The maximum Gasteiger partial charge on any atom is 0.356 e. The van der Waals surface area contributed by atoms with E-state index in [1.165, 1.54) is 11.6 Å². The Kier molecular flexibility index (Phi) is 6.14. The van der Waals surface area contributed by atoms with Crippen LogP contribution in [0.5, 0.6) is 0 Å². The van der Waals surface area contributed by atoms with Gasteiger partial charge in [0.15, 0.2) is 6.61 Å². The topological polar surface area (TPSA) is 68.6 Å². The highest BCUT2D eigenvalue weighted by Crippen LogP contribution is 2.32. The maximum absolute atomic E-state index is 13.4. The quantitative estimate of drug-likeness (QED) is 0.381. The molecule has 0 atom stereocenters. The summed E-state index contributed by atoms with van der Waals surface area (Å²) in [5, 5.41) is 1.66. The number of aryl methyl sites for hydroxylation is 1. The van der Waals surface area contributed by atoms with E-state index in [4.69, 9.17) is 16.3 Å². The van der Waals surface area contributed by atoms with Crippen LogP contribution < -0.4 is 10.5 Å². The minimum absolute atomic E-state index is 0.0860. The molecule has 7 heteroatoms. The third kappa shape index (κ3) is 4.21. The first-order chi connectivity index (χ1) is 17.0. The summed E-state index contributed by atoms with van der Waals surface area (Å²) < 4.78 is 6.80. The summed E-state index contributed by atoms with van der Waals surface area (Å²) in [6.07, 6.45) is 1.75. The number of fused-ring (bicyclic) bond motifs is 2. The van der Waals surface area contributed by atoms with Gasteiger partial charge in [-0.25, -0.2) is 4.79 Å². The first kappa shape index (κ1) is 22.9. The Morgan fingerprint density at radius 3 is 2.40 bits per heavy atom. The minimum Gasteiger partial charge on any atom is -0.451 e. The number of benzene rings is 3. The average molecular weight is 487 g/mol. The minimum atomic E-state index is -0.737. The number of rotatable bonds is 4. The van der Waals surface area contributed by atoms with Gasteiger partial charge in [0.25, 0.3) is 11.5 Å². The van der Waals surface area contributed by atoms with Crippen molar-refractivity contribution in [1.82, 2.24) is 4.57 Å². The SMILES string of the molecule is Cn1c(C(=O)OCC(=O)N2CCCc3ccccc32)c(-c2ccc(Cl)cc2)c2ccccc2c1=O. The smallest absolute Gasteiger partial charge is 0.356 e. The van der Waals surface area contributed by atoms with Crippen LogP contribution >= 0.6 is 11.6 Å². The van der Waals surface area contributed by atoms with Gasteiger partial charge in [-0.2, -0.15) is 0 Å². The first-order valence-electron chi connectivity index (χ1n) is 11.4. The zero-order valence-corrected chi connectivity index (χ0v) is 19.9. The number of para-hydroxylation sites is 1. The monoisotopic (exact) mass is 486 g/mol. The number of anilines is 1. The van der Waals surface area contributed by atoms with Crippen LogP contribution in [0, 0.1) is 0 Å². The van der Waals surface area contributed by atoms with Gasteiger partial charge in [0.1, 0.15) is 5.69 Å². The lowest BCUT2D eigenvalue weighted by molar-refractivity contribution is -0.121. The van der Waals surface area contributed by atoms with E-state index in [-0.39, 0.29) is 17.2 Å². The number of hydrogen-bond acceptors (Lipinski definition) is 4. The van der Waals surface area contributed by atoms with Crippen molar-refractivity contribution in [3.8, 4) is 11.1 Å². The second-order valence-electron chi connectivity index (χ2n) is 8.49. The summed E-state index contributed by atoms with van der Waals surface area (Å²) in [5.74, 6) is -1.04. The highest BCUT2D eigenvalue weighted by Gasteiger charge is 2.26. The summed E-state index contributed by atoms with van der Waals surface area (Å²) in [6, 6.07) is 21.9. The Bertz CT molecular complexity index is 1510. The largest absolute Gasteiger partial charge is 0.451 e. The van der Waals surface area contributed by atoms with Crippen LogP contribution in [0.25, 0.3) is 21.9 Å². The molecule has 0 saturated carbocycles. The Balaban J connectivity index is 1.51. The molecule has 35 heavy (non-hydrogen) atoms. The van der Waals surface area contributed by atoms with Crippen LogP contribution in [0.1, 0.15) is 22.5 Å². The summed E-state index contributed by atoms with van der Waals surface area (Å²) in [6.45, 7) is 0.145. The molecule has 4 aromatic rings. The van der Waals surface area contributed by atoms with Gasteiger partial charge in [-0.1, -0.05) is 60.1 Å². The van der Waals surface area contributed by atoms with Gasteiger partial charge in [0.2, 0.25) is 0 Å². The van der Waals surface area contributed by atoms with Crippen molar-refractivity contribution in [3.63, 3.8) is 0 Å². The molecule has 3 aromatic carbocycles. The molecule has 1 aliphatic rings. The van der Waals surface area contributed by atoms with Crippen molar-refractivity contribution in [3.05, 3.63) is 99.4 Å². The lowest BCUT2D eigenvalue weighted by Gasteiger charge is -2.29. The Morgan fingerprint density at radius 2 is 1.63 bits per heavy atom. The molecule has 176 valence electrons. The Morgan fingerprint density at radius 1 is 0.943 bits per heavy atom. The van der Waals surface area contributed by atoms with Gasteiger partial charge >= 0.3 is 5.97 Å². The highest BCUT2D eigenvalue weighted by molar-refractivity contribution is 6.30. The normalized spacial score (nSPS) is 12.9. The van der Waals surface area contributed by atoms with E-state index in [0.717, 1.165) is 24.1 Å². The van der Waals surface area contributed by atoms with Gasteiger partial charge in [-0.05, 0) is 53.6 Å². The van der Waals surface area contributed by atoms with Crippen molar-refractivity contribution < 1.29 is 14.3 Å². The fraction of sp³-hybridized carbons (Fsp3) is 0.179. The second kappa shape index (κ2) is 9.39. The van der Waals surface area contributed by atoms with Gasteiger partial charge in [0.05, 0.1) is 0 Å². The van der Waals surface area contributed by atoms with E-state index < -0.39 is 12.6 Å². The van der Waals surface area contributed by atoms with Crippen LogP contribution in [0.15, 0.2) is 77.6 Å². The van der Waals surface area contributed by atoms with Gasteiger partial charge in [0, 0.05) is 35.3 Å². The lowest BCUT2D eigenvalue weighted by atomic mass is 9.97. The molecule has 0 fully saturated rings. The molecule has 0 saturated heterocycles. The number of carbonyl (C=O) groups excluding carboxylic acids is 2. The van der Waals surface area contributed by atoms with Gasteiger partial charge < -0.3 is 14.2 Å². The molecule has 0 bridgehead atoms. The lowest BCUT2D eigenvalue weighted by Crippen LogP contribution is -2.38. The summed E-state index contributed by atoms with van der Waals surface area (Å²) in [5.41, 5.74) is 2.98. The molecule has 0 unspecified atom stereocenters.